The van der Waals surface area contributed by atoms with Crippen molar-refractivity contribution in [2.45, 2.75) is 26.2 Å². The van der Waals surface area contributed by atoms with Crippen LogP contribution >= 0.6 is 11.6 Å². The van der Waals surface area contributed by atoms with Crippen molar-refractivity contribution in [2.24, 2.45) is 5.92 Å². The summed E-state index contributed by atoms with van der Waals surface area (Å²) in [6.07, 6.45) is 9.26. The Kier molecular flexibility index (Phi) is 6.28. The number of carbonyl (C=O) groups is 1. The zero-order valence-corrected chi connectivity index (χ0v) is 17.7. The number of aryl methyl sites for hydroxylation is 1. The zero-order valence-electron chi connectivity index (χ0n) is 16.9. The minimum atomic E-state index is 0.0350. The molecule has 1 fully saturated rings. The Bertz CT molecular complexity index is 999. The zero-order chi connectivity index (χ0) is 20.9. The summed E-state index contributed by atoms with van der Waals surface area (Å²) in [5.41, 5.74) is 3.86. The van der Waals surface area contributed by atoms with Crippen LogP contribution in [0.15, 0.2) is 43.1 Å². The highest BCUT2D eigenvalue weighted by Gasteiger charge is 2.26. The van der Waals surface area contributed by atoms with Crippen LogP contribution in [0.2, 0.25) is 5.02 Å². The maximum atomic E-state index is 12.5. The van der Waals surface area contributed by atoms with E-state index in [2.05, 4.69) is 30.2 Å². The number of aromatic nitrogens is 4. The number of amides is 1. The van der Waals surface area contributed by atoms with Crippen molar-refractivity contribution in [3.05, 3.63) is 59.4 Å². The molecule has 30 heavy (non-hydrogen) atoms. The smallest absolute Gasteiger partial charge is 0.223 e. The number of nitrogens with zero attached hydrogens (tertiary/aromatic N) is 4. The first-order chi connectivity index (χ1) is 14.6. The molecule has 8 heteroatoms. The Morgan fingerprint density at radius 2 is 2.13 bits per heavy atom. The quantitative estimate of drug-likeness (QED) is 0.633. The number of aromatic amines is 1. The van der Waals surface area contributed by atoms with E-state index in [0.29, 0.717) is 11.6 Å². The third kappa shape index (κ3) is 4.62. The molecule has 3 aromatic heterocycles. The summed E-state index contributed by atoms with van der Waals surface area (Å²) < 4.78 is 0. The second kappa shape index (κ2) is 9.26. The third-order valence-corrected chi connectivity index (χ3v) is 5.84. The van der Waals surface area contributed by atoms with Crippen LogP contribution in [-0.2, 0) is 11.2 Å². The van der Waals surface area contributed by atoms with Crippen LogP contribution in [-0.4, -0.2) is 45.5 Å². The average molecular weight is 425 g/mol. The normalized spacial score (nSPS) is 14.7. The maximum Gasteiger partial charge on any atom is 0.223 e. The molecule has 1 saturated heterocycles. The molecule has 4 heterocycles. The second-order valence-corrected chi connectivity index (χ2v) is 7.98. The summed E-state index contributed by atoms with van der Waals surface area (Å²) in [4.78, 5) is 30.8. The Balaban J connectivity index is 1.35. The fraction of sp³-hybridized carbons (Fsp3) is 0.364. The summed E-state index contributed by atoms with van der Waals surface area (Å²) in [7, 11) is 0. The second-order valence-electron chi connectivity index (χ2n) is 7.57. The lowest BCUT2D eigenvalue weighted by Gasteiger charge is -2.32. The molecule has 1 aliphatic heterocycles. The van der Waals surface area contributed by atoms with Gasteiger partial charge >= 0.3 is 0 Å². The van der Waals surface area contributed by atoms with Gasteiger partial charge in [-0.1, -0.05) is 17.7 Å². The molecule has 1 amide bonds. The van der Waals surface area contributed by atoms with Crippen LogP contribution in [0.3, 0.4) is 0 Å². The summed E-state index contributed by atoms with van der Waals surface area (Å²) in [5.74, 6) is 1.04. The molecule has 0 aliphatic carbocycles. The minimum absolute atomic E-state index is 0.0350. The van der Waals surface area contributed by atoms with Gasteiger partial charge in [-0.15, -0.1) is 0 Å². The average Bonchev–Trinajstić information content (AvgIpc) is 3.28. The number of nitrogens with one attached hydrogen (secondary N) is 2. The topological polar surface area (TPSA) is 86.8 Å². The number of pyridine rings is 2. The van der Waals surface area contributed by atoms with Crippen molar-refractivity contribution in [1.82, 2.24) is 25.3 Å². The lowest BCUT2D eigenvalue weighted by atomic mass is 9.95. The highest BCUT2D eigenvalue weighted by molar-refractivity contribution is 6.33. The Morgan fingerprint density at radius 3 is 2.87 bits per heavy atom. The van der Waals surface area contributed by atoms with Crippen LogP contribution < -0.4 is 10.2 Å². The fourth-order valence-corrected chi connectivity index (χ4v) is 4.00. The van der Waals surface area contributed by atoms with Crippen molar-refractivity contribution in [3.8, 4) is 11.3 Å². The van der Waals surface area contributed by atoms with Gasteiger partial charge in [-0.05, 0) is 37.5 Å². The predicted octanol–water partition coefficient (Wildman–Crippen LogP) is 3.40. The summed E-state index contributed by atoms with van der Waals surface area (Å²) >= 11 is 6.41. The van der Waals surface area contributed by atoms with Gasteiger partial charge in [-0.25, -0.2) is 9.97 Å². The van der Waals surface area contributed by atoms with Crippen LogP contribution in [0.25, 0.3) is 11.3 Å². The van der Waals surface area contributed by atoms with Gasteiger partial charge in [0.15, 0.2) is 0 Å². The van der Waals surface area contributed by atoms with Gasteiger partial charge in [0.2, 0.25) is 5.91 Å². The van der Waals surface area contributed by atoms with Gasteiger partial charge in [0.25, 0.3) is 0 Å². The highest BCUT2D eigenvalue weighted by Crippen LogP contribution is 2.32. The summed E-state index contributed by atoms with van der Waals surface area (Å²) in [5, 5.41) is 3.63. The number of piperidine rings is 1. The molecule has 0 saturated carbocycles. The van der Waals surface area contributed by atoms with Crippen LogP contribution in [0.1, 0.15) is 24.1 Å². The SMILES string of the molecule is Cc1cccnc1-c1cc(N2CCC(C(=O)NCCc3cnc[nH]3)CC2)ncc1Cl. The van der Waals surface area contributed by atoms with Crippen LogP contribution in [0, 0.1) is 12.8 Å². The third-order valence-electron chi connectivity index (χ3n) is 5.54. The molecule has 0 bridgehead atoms. The highest BCUT2D eigenvalue weighted by atomic mass is 35.5. The summed E-state index contributed by atoms with van der Waals surface area (Å²) in [6, 6.07) is 5.94. The van der Waals surface area contributed by atoms with E-state index in [9.17, 15) is 4.79 Å². The van der Waals surface area contributed by atoms with E-state index < -0.39 is 0 Å². The first kappa shape index (κ1) is 20.3. The molecular weight excluding hydrogens is 400 g/mol. The molecule has 0 unspecified atom stereocenters. The van der Waals surface area contributed by atoms with Crippen molar-refractivity contribution in [2.75, 3.05) is 24.5 Å². The largest absolute Gasteiger partial charge is 0.357 e. The number of H-pyrrole nitrogens is 1. The van der Waals surface area contributed by atoms with Crippen molar-refractivity contribution < 1.29 is 4.79 Å². The van der Waals surface area contributed by atoms with Crippen molar-refractivity contribution in [3.63, 3.8) is 0 Å². The lowest BCUT2D eigenvalue weighted by Crippen LogP contribution is -2.41. The monoisotopic (exact) mass is 424 g/mol. The number of hydrogen-bond donors (Lipinski definition) is 2. The number of carbonyl (C=O) groups excluding carboxylic acids is 1. The van der Waals surface area contributed by atoms with E-state index in [0.717, 1.165) is 60.7 Å². The molecule has 0 radical (unpaired) electrons. The Labute approximate surface area is 180 Å². The Morgan fingerprint density at radius 1 is 1.30 bits per heavy atom. The molecule has 0 aromatic carbocycles. The van der Waals surface area contributed by atoms with E-state index in [4.69, 9.17) is 11.6 Å². The number of hydrogen-bond acceptors (Lipinski definition) is 5. The van der Waals surface area contributed by atoms with E-state index in [1.807, 2.05) is 25.1 Å². The minimum Gasteiger partial charge on any atom is -0.357 e. The number of imidazole rings is 1. The van der Waals surface area contributed by atoms with Gasteiger partial charge in [-0.2, -0.15) is 0 Å². The predicted molar refractivity (Wildman–Crippen MR) is 117 cm³/mol. The van der Waals surface area contributed by atoms with Gasteiger partial charge in [0, 0.05) is 61.8 Å². The molecule has 7 nitrogen and oxygen atoms in total. The Hall–Kier alpha value is -2.93. The molecule has 0 spiro atoms. The van der Waals surface area contributed by atoms with Crippen molar-refractivity contribution >= 4 is 23.3 Å². The molecule has 4 rings (SSSR count). The van der Waals surface area contributed by atoms with Gasteiger partial charge in [0.1, 0.15) is 5.82 Å². The molecule has 0 atom stereocenters. The van der Waals surface area contributed by atoms with E-state index >= 15 is 0 Å². The molecule has 2 N–H and O–H groups in total. The molecular formula is C22H25ClN6O. The van der Waals surface area contributed by atoms with Gasteiger partial charge < -0.3 is 15.2 Å². The van der Waals surface area contributed by atoms with Crippen LogP contribution in [0.5, 0.6) is 0 Å². The van der Waals surface area contributed by atoms with Crippen molar-refractivity contribution in [1.29, 1.82) is 0 Å². The lowest BCUT2D eigenvalue weighted by molar-refractivity contribution is -0.125. The van der Waals surface area contributed by atoms with E-state index in [1.54, 1.807) is 24.9 Å². The standard InChI is InChI=1S/C22H25ClN6O/c1-15-3-2-7-25-21(15)18-11-20(27-13-19(18)23)29-9-5-16(6-10-29)22(30)26-8-4-17-12-24-14-28-17/h2-3,7,11-14,16H,4-6,8-10H2,1H3,(H,24,28)(H,26,30). The number of anilines is 1. The molecule has 1 aliphatic rings. The number of halogens is 1. The van der Waals surface area contributed by atoms with Crippen LogP contribution in [0.4, 0.5) is 5.82 Å². The maximum absolute atomic E-state index is 12.5. The molecule has 156 valence electrons. The fourth-order valence-electron chi connectivity index (χ4n) is 3.81. The number of rotatable bonds is 6. The van der Waals surface area contributed by atoms with Gasteiger partial charge in [-0.3, -0.25) is 9.78 Å². The molecule has 3 aromatic rings. The van der Waals surface area contributed by atoms with E-state index in [-0.39, 0.29) is 11.8 Å². The first-order valence-electron chi connectivity index (χ1n) is 10.2. The summed E-state index contributed by atoms with van der Waals surface area (Å²) in [6.45, 7) is 4.21. The van der Waals surface area contributed by atoms with E-state index in [1.165, 1.54) is 0 Å². The first-order valence-corrected chi connectivity index (χ1v) is 10.6. The van der Waals surface area contributed by atoms with Gasteiger partial charge in [0.05, 0.1) is 17.0 Å².